The number of carbonyl (C=O) groups is 2. The van der Waals surface area contributed by atoms with Crippen LogP contribution in [0.25, 0.3) is 0 Å². The second-order valence-electron chi connectivity index (χ2n) is 7.97. The number of thioether (sulfide) groups is 1. The molecule has 2 N–H and O–H groups in total. The van der Waals surface area contributed by atoms with Crippen LogP contribution in [0, 0.1) is 6.92 Å². The van der Waals surface area contributed by atoms with Crippen LogP contribution >= 0.6 is 11.8 Å². The molecule has 0 aromatic carbocycles. The Bertz CT molecular complexity index is 652. The summed E-state index contributed by atoms with van der Waals surface area (Å²) in [7, 11) is 0. The summed E-state index contributed by atoms with van der Waals surface area (Å²) in [5.74, 6) is 1.40. The topological polar surface area (TPSA) is 87.5 Å². The molecule has 28 heavy (non-hydrogen) atoms. The monoisotopic (exact) mass is 408 g/mol. The zero-order valence-electron chi connectivity index (χ0n) is 16.8. The zero-order valence-corrected chi connectivity index (χ0v) is 17.6. The van der Waals surface area contributed by atoms with Gasteiger partial charge in [-0.15, -0.1) is 11.8 Å². The SMILES string of the molecule is Cc1cc(NC(=O)CSCC(=O)NCC2(N3CCCCC3)CCCCC2)no1. The molecule has 7 nitrogen and oxygen atoms in total. The Morgan fingerprint density at radius 3 is 2.46 bits per heavy atom. The molecule has 0 spiro atoms. The number of nitrogens with zero attached hydrogens (tertiary/aromatic N) is 2. The fourth-order valence-corrected chi connectivity index (χ4v) is 4.98. The average molecular weight is 409 g/mol. The minimum Gasteiger partial charge on any atom is -0.360 e. The summed E-state index contributed by atoms with van der Waals surface area (Å²) in [6.45, 7) is 4.82. The van der Waals surface area contributed by atoms with E-state index in [-0.39, 0.29) is 23.1 Å². The number of nitrogens with one attached hydrogen (secondary N) is 2. The normalized spacial score (nSPS) is 19.9. The molecule has 2 fully saturated rings. The third kappa shape index (κ3) is 5.98. The molecule has 1 saturated carbocycles. The van der Waals surface area contributed by atoms with E-state index in [1.54, 1.807) is 13.0 Å². The zero-order chi connectivity index (χ0) is 19.8. The van der Waals surface area contributed by atoms with E-state index in [4.69, 9.17) is 4.52 Å². The van der Waals surface area contributed by atoms with Crippen LogP contribution in [0.2, 0.25) is 0 Å². The van der Waals surface area contributed by atoms with Gasteiger partial charge in [0.2, 0.25) is 11.8 Å². The molecule has 2 heterocycles. The van der Waals surface area contributed by atoms with Crippen molar-refractivity contribution in [2.45, 2.75) is 63.8 Å². The lowest BCUT2D eigenvalue weighted by atomic mass is 9.79. The maximum Gasteiger partial charge on any atom is 0.235 e. The Kier molecular flexibility index (Phi) is 7.79. The Balaban J connectivity index is 1.40. The summed E-state index contributed by atoms with van der Waals surface area (Å²) in [4.78, 5) is 26.9. The van der Waals surface area contributed by atoms with Crippen LogP contribution in [0.4, 0.5) is 5.82 Å². The van der Waals surface area contributed by atoms with Crippen molar-refractivity contribution in [1.82, 2.24) is 15.4 Å². The fraction of sp³-hybridized carbons (Fsp3) is 0.750. The molecule has 156 valence electrons. The molecule has 2 aliphatic rings. The lowest BCUT2D eigenvalue weighted by Gasteiger charge is -2.48. The number of hydrogen-bond acceptors (Lipinski definition) is 6. The number of rotatable bonds is 8. The third-order valence-corrected chi connectivity index (χ3v) is 6.72. The number of carbonyl (C=O) groups excluding carboxylic acids is 2. The van der Waals surface area contributed by atoms with Crippen LogP contribution in [-0.2, 0) is 9.59 Å². The van der Waals surface area contributed by atoms with Crippen molar-refractivity contribution in [2.24, 2.45) is 0 Å². The maximum atomic E-state index is 12.3. The maximum absolute atomic E-state index is 12.3. The molecule has 2 amide bonds. The number of aryl methyl sites for hydroxylation is 1. The molecule has 0 radical (unpaired) electrons. The van der Waals surface area contributed by atoms with Gasteiger partial charge in [0.15, 0.2) is 5.82 Å². The van der Waals surface area contributed by atoms with Crippen molar-refractivity contribution in [3.05, 3.63) is 11.8 Å². The molecule has 0 unspecified atom stereocenters. The number of amides is 2. The predicted molar refractivity (Wildman–Crippen MR) is 111 cm³/mol. The van der Waals surface area contributed by atoms with E-state index < -0.39 is 0 Å². The van der Waals surface area contributed by atoms with Crippen molar-refractivity contribution < 1.29 is 14.1 Å². The fourth-order valence-electron chi connectivity index (χ4n) is 4.34. The van der Waals surface area contributed by atoms with Gasteiger partial charge >= 0.3 is 0 Å². The number of anilines is 1. The first-order valence-electron chi connectivity index (χ1n) is 10.4. The van der Waals surface area contributed by atoms with Crippen molar-refractivity contribution in [1.29, 1.82) is 0 Å². The van der Waals surface area contributed by atoms with E-state index >= 15 is 0 Å². The molecule has 0 bridgehead atoms. The molecule has 0 atom stereocenters. The van der Waals surface area contributed by atoms with Crippen molar-refractivity contribution >= 4 is 29.4 Å². The minimum atomic E-state index is -0.178. The van der Waals surface area contributed by atoms with Crippen LogP contribution < -0.4 is 10.6 Å². The van der Waals surface area contributed by atoms with Gasteiger partial charge in [0.05, 0.1) is 11.5 Å². The van der Waals surface area contributed by atoms with Gasteiger partial charge in [-0.3, -0.25) is 14.5 Å². The first-order chi connectivity index (χ1) is 13.6. The van der Waals surface area contributed by atoms with Gasteiger partial charge in [0, 0.05) is 18.2 Å². The lowest BCUT2D eigenvalue weighted by molar-refractivity contribution is -0.119. The van der Waals surface area contributed by atoms with Gasteiger partial charge in [0.1, 0.15) is 5.76 Å². The van der Waals surface area contributed by atoms with E-state index in [9.17, 15) is 9.59 Å². The third-order valence-electron chi connectivity index (χ3n) is 5.79. The van der Waals surface area contributed by atoms with E-state index in [0.29, 0.717) is 17.3 Å². The lowest BCUT2D eigenvalue weighted by Crippen LogP contribution is -2.58. The summed E-state index contributed by atoms with van der Waals surface area (Å²) in [6, 6.07) is 1.67. The van der Waals surface area contributed by atoms with E-state index in [1.807, 2.05) is 0 Å². The van der Waals surface area contributed by atoms with Crippen molar-refractivity contribution in [3.63, 3.8) is 0 Å². The summed E-state index contributed by atoms with van der Waals surface area (Å²) in [5.41, 5.74) is 0.140. The Morgan fingerprint density at radius 1 is 1.11 bits per heavy atom. The smallest absolute Gasteiger partial charge is 0.235 e. The van der Waals surface area contributed by atoms with Crippen molar-refractivity contribution in [2.75, 3.05) is 36.5 Å². The average Bonchev–Trinajstić information content (AvgIpc) is 3.12. The number of likely N-dealkylation sites (tertiary alicyclic amines) is 1. The predicted octanol–water partition coefficient (Wildman–Crippen LogP) is 2.96. The van der Waals surface area contributed by atoms with Crippen LogP contribution in [0.5, 0.6) is 0 Å². The summed E-state index contributed by atoms with van der Waals surface area (Å²) >= 11 is 1.32. The number of aromatic nitrogens is 1. The second kappa shape index (κ2) is 10.3. The van der Waals surface area contributed by atoms with Crippen LogP contribution in [0.1, 0.15) is 57.1 Å². The molecule has 3 rings (SSSR count). The van der Waals surface area contributed by atoms with Gasteiger partial charge < -0.3 is 15.2 Å². The molecule has 1 aromatic heterocycles. The Hall–Kier alpha value is -1.54. The molecular formula is C20H32N4O3S. The van der Waals surface area contributed by atoms with Gasteiger partial charge in [-0.25, -0.2) is 0 Å². The quantitative estimate of drug-likeness (QED) is 0.688. The first kappa shape index (κ1) is 21.2. The molecule has 8 heteroatoms. The van der Waals surface area contributed by atoms with Gasteiger partial charge in [0.25, 0.3) is 0 Å². The number of hydrogen-bond donors (Lipinski definition) is 2. The van der Waals surface area contributed by atoms with E-state index in [2.05, 4.69) is 20.7 Å². The molecule has 1 saturated heterocycles. The van der Waals surface area contributed by atoms with Gasteiger partial charge in [-0.05, 0) is 45.7 Å². The summed E-state index contributed by atoms with van der Waals surface area (Å²) in [5, 5.41) is 9.55. The largest absolute Gasteiger partial charge is 0.360 e. The highest BCUT2D eigenvalue weighted by Crippen LogP contribution is 2.35. The first-order valence-corrected chi connectivity index (χ1v) is 11.6. The van der Waals surface area contributed by atoms with Crippen LogP contribution in [-0.4, -0.2) is 58.5 Å². The second-order valence-corrected chi connectivity index (χ2v) is 8.96. The minimum absolute atomic E-state index is 0.0111. The molecule has 1 aromatic rings. The molecule has 1 aliphatic carbocycles. The summed E-state index contributed by atoms with van der Waals surface area (Å²) in [6.07, 6.45) is 10.0. The molecular weight excluding hydrogens is 376 g/mol. The highest BCUT2D eigenvalue weighted by atomic mass is 32.2. The van der Waals surface area contributed by atoms with Gasteiger partial charge in [-0.2, -0.15) is 0 Å². The van der Waals surface area contributed by atoms with Crippen LogP contribution in [0.15, 0.2) is 10.6 Å². The van der Waals surface area contributed by atoms with Gasteiger partial charge in [-0.1, -0.05) is 30.8 Å². The Labute approximate surface area is 171 Å². The van der Waals surface area contributed by atoms with E-state index in [1.165, 1.54) is 63.1 Å². The molecule has 1 aliphatic heterocycles. The standard InChI is InChI=1S/C20H32N4O3S/c1-16-12-17(23-27-16)22-19(26)14-28-13-18(25)21-15-20(8-4-2-5-9-20)24-10-6-3-7-11-24/h12H,2-11,13-15H2,1H3,(H,21,25)(H,22,23,26). The van der Waals surface area contributed by atoms with Crippen molar-refractivity contribution in [3.8, 4) is 0 Å². The highest BCUT2D eigenvalue weighted by Gasteiger charge is 2.38. The summed E-state index contributed by atoms with van der Waals surface area (Å²) < 4.78 is 4.92. The highest BCUT2D eigenvalue weighted by molar-refractivity contribution is 8.00. The number of piperidine rings is 1. The Morgan fingerprint density at radius 2 is 1.79 bits per heavy atom. The van der Waals surface area contributed by atoms with Crippen LogP contribution in [0.3, 0.4) is 0 Å². The van der Waals surface area contributed by atoms with E-state index in [0.717, 1.165) is 19.6 Å².